The number of hydrogen-bond donors (Lipinski definition) is 1. The molecule has 0 aliphatic carbocycles. The summed E-state index contributed by atoms with van der Waals surface area (Å²) in [5.41, 5.74) is 2.70. The molecule has 2 unspecified atom stereocenters. The minimum Gasteiger partial charge on any atom is -0.497 e. The van der Waals surface area contributed by atoms with Gasteiger partial charge in [-0.05, 0) is 41.3 Å². The molecule has 0 spiro atoms. The van der Waals surface area contributed by atoms with Gasteiger partial charge in [-0.15, -0.1) is 12.4 Å². The zero-order valence-corrected chi connectivity index (χ0v) is 15.1. The second kappa shape index (κ2) is 9.02. The Labute approximate surface area is 150 Å². The number of hydrogen-bond acceptors (Lipinski definition) is 4. The van der Waals surface area contributed by atoms with Gasteiger partial charge in [0.2, 0.25) is 0 Å². The zero-order valence-electron chi connectivity index (χ0n) is 14.3. The van der Waals surface area contributed by atoms with Gasteiger partial charge in [-0.3, -0.25) is 9.88 Å². The lowest BCUT2D eigenvalue weighted by molar-refractivity contribution is 0.154. The van der Waals surface area contributed by atoms with Crippen LogP contribution in [0.4, 0.5) is 0 Å². The number of rotatable bonds is 5. The van der Waals surface area contributed by atoms with Crippen molar-refractivity contribution in [1.82, 2.24) is 15.2 Å². The Hall–Kier alpha value is -1.62. The number of pyridine rings is 1. The van der Waals surface area contributed by atoms with Crippen molar-refractivity contribution in [3.8, 4) is 5.75 Å². The number of nitrogens with one attached hydrogen (secondary N) is 1. The van der Waals surface area contributed by atoms with Gasteiger partial charge in [-0.1, -0.05) is 19.1 Å². The van der Waals surface area contributed by atoms with Crippen LogP contribution in [-0.2, 0) is 0 Å². The van der Waals surface area contributed by atoms with E-state index in [-0.39, 0.29) is 12.4 Å². The van der Waals surface area contributed by atoms with E-state index in [9.17, 15) is 0 Å². The molecule has 1 aliphatic heterocycles. The maximum absolute atomic E-state index is 5.25. The molecule has 1 N–H and O–H groups in total. The predicted octanol–water partition coefficient (Wildman–Crippen LogP) is 3.26. The van der Waals surface area contributed by atoms with Crippen LogP contribution in [0.15, 0.2) is 48.8 Å². The molecule has 24 heavy (non-hydrogen) atoms. The summed E-state index contributed by atoms with van der Waals surface area (Å²) in [6.07, 6.45) is 3.77. The van der Waals surface area contributed by atoms with E-state index in [2.05, 4.69) is 46.4 Å². The Morgan fingerprint density at radius 2 is 1.92 bits per heavy atom. The first-order valence-electron chi connectivity index (χ1n) is 8.26. The van der Waals surface area contributed by atoms with Gasteiger partial charge in [0.15, 0.2) is 0 Å². The van der Waals surface area contributed by atoms with E-state index < -0.39 is 0 Å². The molecule has 1 aromatic carbocycles. The van der Waals surface area contributed by atoms with Crippen molar-refractivity contribution in [3.05, 3.63) is 59.9 Å². The van der Waals surface area contributed by atoms with E-state index in [1.54, 1.807) is 7.11 Å². The largest absolute Gasteiger partial charge is 0.497 e. The number of methoxy groups -OCH3 is 1. The lowest BCUT2D eigenvalue weighted by Crippen LogP contribution is -2.47. The van der Waals surface area contributed by atoms with Crippen LogP contribution in [0.2, 0.25) is 0 Å². The first-order chi connectivity index (χ1) is 11.3. The van der Waals surface area contributed by atoms with Gasteiger partial charge in [0, 0.05) is 44.6 Å². The Morgan fingerprint density at radius 3 is 2.58 bits per heavy atom. The smallest absolute Gasteiger partial charge is 0.118 e. The normalized spacial score (nSPS) is 19.3. The highest BCUT2D eigenvalue weighted by Gasteiger charge is 2.25. The summed E-state index contributed by atoms with van der Waals surface area (Å²) >= 11 is 0. The average Bonchev–Trinajstić information content (AvgIpc) is 2.63. The summed E-state index contributed by atoms with van der Waals surface area (Å²) < 4.78 is 5.25. The molecular formula is C19H26ClN3O. The average molecular weight is 348 g/mol. The van der Waals surface area contributed by atoms with Crippen molar-refractivity contribution in [3.63, 3.8) is 0 Å². The summed E-state index contributed by atoms with van der Waals surface area (Å²) in [5, 5.41) is 3.51. The van der Waals surface area contributed by atoms with Gasteiger partial charge in [-0.25, -0.2) is 0 Å². The summed E-state index contributed by atoms with van der Waals surface area (Å²) in [5.74, 6) is 1.40. The minimum absolute atomic E-state index is 0. The van der Waals surface area contributed by atoms with E-state index in [0.717, 1.165) is 31.9 Å². The van der Waals surface area contributed by atoms with Crippen molar-refractivity contribution in [2.24, 2.45) is 0 Å². The highest BCUT2D eigenvalue weighted by atomic mass is 35.5. The molecule has 2 heterocycles. The van der Waals surface area contributed by atoms with Gasteiger partial charge >= 0.3 is 0 Å². The van der Waals surface area contributed by atoms with Crippen LogP contribution in [0.25, 0.3) is 0 Å². The standard InChI is InChI=1S/C19H25N3O.ClH/c1-15(16-3-5-18(23-2)6-4-16)14-22-12-11-21-13-19(22)17-7-9-20-10-8-17;/h3-10,15,19,21H,11-14H2,1-2H3;1H. The van der Waals surface area contributed by atoms with Gasteiger partial charge in [-0.2, -0.15) is 0 Å². The first-order valence-corrected chi connectivity index (χ1v) is 8.26. The van der Waals surface area contributed by atoms with Gasteiger partial charge < -0.3 is 10.1 Å². The number of halogens is 1. The summed E-state index contributed by atoms with van der Waals surface area (Å²) in [4.78, 5) is 6.72. The van der Waals surface area contributed by atoms with E-state index in [1.807, 2.05) is 24.5 Å². The lowest BCUT2D eigenvalue weighted by atomic mass is 9.97. The molecule has 0 amide bonds. The zero-order chi connectivity index (χ0) is 16.1. The Balaban J connectivity index is 0.00000208. The summed E-state index contributed by atoms with van der Waals surface area (Å²) in [7, 11) is 1.71. The highest BCUT2D eigenvalue weighted by Crippen LogP contribution is 2.26. The molecule has 2 atom stereocenters. The third-order valence-corrected chi connectivity index (χ3v) is 4.64. The van der Waals surface area contributed by atoms with Crippen molar-refractivity contribution in [2.45, 2.75) is 18.9 Å². The van der Waals surface area contributed by atoms with Crippen molar-refractivity contribution in [2.75, 3.05) is 33.3 Å². The topological polar surface area (TPSA) is 37.4 Å². The Bertz CT molecular complexity index is 606. The first kappa shape index (κ1) is 18.7. The number of nitrogens with zero attached hydrogens (tertiary/aromatic N) is 2. The SMILES string of the molecule is COc1ccc(C(C)CN2CCNCC2c2ccncc2)cc1.Cl. The second-order valence-electron chi connectivity index (χ2n) is 6.17. The van der Waals surface area contributed by atoms with E-state index in [1.165, 1.54) is 11.1 Å². The fourth-order valence-electron chi connectivity index (χ4n) is 3.27. The summed E-state index contributed by atoms with van der Waals surface area (Å²) in [6, 6.07) is 13.1. The number of ether oxygens (including phenoxy) is 1. The van der Waals surface area contributed by atoms with E-state index in [4.69, 9.17) is 4.74 Å². The second-order valence-corrected chi connectivity index (χ2v) is 6.17. The molecule has 0 saturated carbocycles. The minimum atomic E-state index is 0. The van der Waals surface area contributed by atoms with Gasteiger partial charge in [0.05, 0.1) is 7.11 Å². The fourth-order valence-corrected chi connectivity index (χ4v) is 3.27. The van der Waals surface area contributed by atoms with Gasteiger partial charge in [0.25, 0.3) is 0 Å². The van der Waals surface area contributed by atoms with Crippen LogP contribution >= 0.6 is 12.4 Å². The van der Waals surface area contributed by atoms with Gasteiger partial charge in [0.1, 0.15) is 5.75 Å². The van der Waals surface area contributed by atoms with Crippen LogP contribution < -0.4 is 10.1 Å². The highest BCUT2D eigenvalue weighted by molar-refractivity contribution is 5.85. The fraction of sp³-hybridized carbons (Fsp3) is 0.421. The Kier molecular flexibility index (Phi) is 7.03. The molecule has 1 saturated heterocycles. The quantitative estimate of drug-likeness (QED) is 0.900. The molecule has 1 fully saturated rings. The van der Waals surface area contributed by atoms with Crippen LogP contribution in [-0.4, -0.2) is 43.2 Å². The molecule has 4 nitrogen and oxygen atoms in total. The van der Waals surface area contributed by atoms with Crippen LogP contribution in [0.1, 0.15) is 30.0 Å². The monoisotopic (exact) mass is 347 g/mol. The molecular weight excluding hydrogens is 322 g/mol. The van der Waals surface area contributed by atoms with Crippen molar-refractivity contribution in [1.29, 1.82) is 0 Å². The van der Waals surface area contributed by atoms with Crippen molar-refractivity contribution >= 4 is 12.4 Å². The van der Waals surface area contributed by atoms with Crippen molar-refractivity contribution < 1.29 is 4.74 Å². The van der Waals surface area contributed by atoms with Crippen LogP contribution in [0, 0.1) is 0 Å². The number of benzene rings is 1. The lowest BCUT2D eigenvalue weighted by Gasteiger charge is -2.38. The molecule has 0 bridgehead atoms. The molecule has 130 valence electrons. The Morgan fingerprint density at radius 1 is 1.21 bits per heavy atom. The molecule has 1 aromatic heterocycles. The third kappa shape index (κ3) is 4.47. The molecule has 5 heteroatoms. The molecule has 0 radical (unpaired) electrons. The predicted molar refractivity (Wildman–Crippen MR) is 100 cm³/mol. The molecule has 3 rings (SSSR count). The molecule has 1 aliphatic rings. The van der Waals surface area contributed by atoms with Crippen LogP contribution in [0.5, 0.6) is 5.75 Å². The van der Waals surface area contributed by atoms with Crippen LogP contribution in [0.3, 0.4) is 0 Å². The maximum Gasteiger partial charge on any atom is 0.118 e. The molecule has 2 aromatic rings. The van der Waals surface area contributed by atoms with E-state index >= 15 is 0 Å². The number of piperazine rings is 1. The number of aromatic nitrogens is 1. The third-order valence-electron chi connectivity index (χ3n) is 4.64. The van der Waals surface area contributed by atoms with E-state index in [0.29, 0.717) is 12.0 Å². The summed E-state index contributed by atoms with van der Waals surface area (Å²) in [6.45, 7) is 6.48. The maximum atomic E-state index is 5.25.